The molecule has 1 aliphatic heterocycles. The Balaban J connectivity index is 1.13. The van der Waals surface area contributed by atoms with Gasteiger partial charge < -0.3 is 30.0 Å². The van der Waals surface area contributed by atoms with Gasteiger partial charge in [-0.2, -0.15) is 5.26 Å². The van der Waals surface area contributed by atoms with Crippen LogP contribution in [0.1, 0.15) is 65.0 Å². The first kappa shape index (κ1) is 38.5. The maximum Gasteiger partial charge on any atom is 0.326 e. The molecule has 4 aromatic carbocycles. The van der Waals surface area contributed by atoms with Gasteiger partial charge in [0.25, 0.3) is 0 Å². The molecular formula is C44H43ClN6O5. The largest absolute Gasteiger partial charge is 0.488 e. The zero-order valence-corrected chi connectivity index (χ0v) is 32.2. The van der Waals surface area contributed by atoms with Crippen molar-refractivity contribution < 1.29 is 24.5 Å². The molecule has 0 radical (unpaired) electrons. The van der Waals surface area contributed by atoms with E-state index in [2.05, 4.69) is 83.0 Å². The van der Waals surface area contributed by atoms with Crippen molar-refractivity contribution in [2.75, 3.05) is 13.2 Å². The van der Waals surface area contributed by atoms with E-state index in [0.29, 0.717) is 33.2 Å². The average molecular weight is 771 g/mol. The summed E-state index contributed by atoms with van der Waals surface area (Å²) in [7, 11) is 0. The van der Waals surface area contributed by atoms with Crippen molar-refractivity contribution in [1.29, 1.82) is 5.26 Å². The van der Waals surface area contributed by atoms with Crippen molar-refractivity contribution in [3.63, 3.8) is 0 Å². The van der Waals surface area contributed by atoms with Crippen molar-refractivity contribution in [2.45, 2.75) is 65.0 Å². The Bertz CT molecular complexity index is 2450. The number of carboxylic acids is 1. The average Bonchev–Trinajstić information content (AvgIpc) is 3.90. The minimum absolute atomic E-state index is 0.0310. The van der Waals surface area contributed by atoms with Crippen LogP contribution in [0.15, 0.2) is 85.2 Å². The second-order valence-corrected chi connectivity index (χ2v) is 14.8. The lowest BCUT2D eigenvalue weighted by Gasteiger charge is -2.25. The molecule has 5 N–H and O–H groups in total. The number of halogens is 1. The number of fused-ring (bicyclic) bond motifs is 1. The number of carboxylic acid groups (broad SMARTS) is 1. The van der Waals surface area contributed by atoms with Gasteiger partial charge in [-0.3, -0.25) is 15.1 Å². The van der Waals surface area contributed by atoms with Gasteiger partial charge >= 0.3 is 5.97 Å². The van der Waals surface area contributed by atoms with Crippen molar-refractivity contribution in [2.24, 2.45) is 0 Å². The predicted octanol–water partition coefficient (Wildman–Crippen LogP) is 7.94. The van der Waals surface area contributed by atoms with Crippen LogP contribution in [0.5, 0.6) is 11.5 Å². The van der Waals surface area contributed by atoms with Crippen LogP contribution in [0.4, 0.5) is 0 Å². The smallest absolute Gasteiger partial charge is 0.326 e. The molecule has 0 spiro atoms. The number of aliphatic carboxylic acids is 1. The summed E-state index contributed by atoms with van der Waals surface area (Å²) in [4.78, 5) is 24.4. The zero-order valence-electron chi connectivity index (χ0n) is 31.4. The molecule has 1 aliphatic rings. The van der Waals surface area contributed by atoms with E-state index < -0.39 is 18.1 Å². The number of benzene rings is 4. The molecule has 3 heterocycles. The fraction of sp³-hybridized carbons (Fsp3) is 0.273. The lowest BCUT2D eigenvalue weighted by atomic mass is 9.89. The third-order valence-electron chi connectivity index (χ3n) is 10.5. The molecule has 56 heavy (non-hydrogen) atoms. The Kier molecular flexibility index (Phi) is 11.4. The summed E-state index contributed by atoms with van der Waals surface area (Å²) in [5, 5.41) is 35.5. The van der Waals surface area contributed by atoms with E-state index >= 15 is 0 Å². The van der Waals surface area contributed by atoms with E-state index in [-0.39, 0.29) is 25.8 Å². The van der Waals surface area contributed by atoms with Gasteiger partial charge in [-0.1, -0.05) is 54.1 Å². The molecule has 1 saturated heterocycles. The van der Waals surface area contributed by atoms with Gasteiger partial charge in [-0.05, 0) is 103 Å². The number of aliphatic hydroxyl groups is 1. The topological polar surface area (TPSA) is 165 Å². The molecule has 7 rings (SSSR count). The van der Waals surface area contributed by atoms with E-state index in [4.69, 9.17) is 26.1 Å². The molecule has 0 bridgehead atoms. The van der Waals surface area contributed by atoms with E-state index in [0.717, 1.165) is 75.2 Å². The first-order chi connectivity index (χ1) is 27.1. The number of aliphatic hydroxyl groups excluding tert-OH is 1. The number of hydrogen-bond donors (Lipinski definition) is 5. The highest BCUT2D eigenvalue weighted by molar-refractivity contribution is 6.32. The number of nitriles is 1. The lowest BCUT2D eigenvalue weighted by molar-refractivity contribution is -0.145. The first-order valence-corrected chi connectivity index (χ1v) is 18.9. The number of aromatic amines is 1. The Labute approximate surface area is 330 Å². The normalized spacial score (nSPS) is 15.0. The standard InChI is InChI=1S/C44H43ClN6O5/c1-26-31(7-4-9-34(26)35-10-5-8-33(27(35)2)30-12-13-37-39(17-30)51-42(50-37)38-11-6-14-48-38)24-56-41-18-40(55-23-29-15-28(19-46)20-47-21-29)32(16-36(41)45)22-49-44(3,25-52)43(53)54/h4-5,7-10,12-13,15-18,20-21,38,48-49,52H,6,11,14,22-25H2,1-3H3,(H,50,51)(H,53,54)/t38-,44?/m0/s1. The van der Waals surface area contributed by atoms with Crippen molar-refractivity contribution in [1.82, 2.24) is 25.6 Å². The van der Waals surface area contributed by atoms with Gasteiger partial charge in [-0.25, -0.2) is 4.98 Å². The summed E-state index contributed by atoms with van der Waals surface area (Å²) in [5.74, 6) is 0.561. The Morgan fingerprint density at radius 3 is 2.50 bits per heavy atom. The van der Waals surface area contributed by atoms with Gasteiger partial charge in [0.2, 0.25) is 0 Å². The number of imidazole rings is 1. The Morgan fingerprint density at radius 2 is 1.75 bits per heavy atom. The quantitative estimate of drug-likeness (QED) is 0.0734. The number of pyridine rings is 1. The summed E-state index contributed by atoms with van der Waals surface area (Å²) >= 11 is 6.78. The molecule has 2 aromatic heterocycles. The number of ether oxygens (including phenoxy) is 2. The van der Waals surface area contributed by atoms with Crippen LogP contribution < -0.4 is 20.1 Å². The van der Waals surface area contributed by atoms with Crippen LogP contribution in [-0.4, -0.2) is 49.8 Å². The fourth-order valence-electron chi connectivity index (χ4n) is 7.04. The number of hydrogen-bond acceptors (Lipinski definition) is 9. The van der Waals surface area contributed by atoms with Crippen LogP contribution in [0.3, 0.4) is 0 Å². The maximum absolute atomic E-state index is 11.9. The summed E-state index contributed by atoms with van der Waals surface area (Å²) < 4.78 is 12.5. The second-order valence-electron chi connectivity index (χ2n) is 14.4. The summed E-state index contributed by atoms with van der Waals surface area (Å²) in [6.45, 7) is 6.37. The Morgan fingerprint density at radius 1 is 0.982 bits per heavy atom. The van der Waals surface area contributed by atoms with Crippen LogP contribution >= 0.6 is 11.6 Å². The molecule has 2 atom stereocenters. The monoisotopic (exact) mass is 770 g/mol. The number of nitrogens with one attached hydrogen (secondary N) is 3. The van der Waals surface area contributed by atoms with Gasteiger partial charge in [0.05, 0.1) is 34.3 Å². The number of aromatic nitrogens is 3. The minimum Gasteiger partial charge on any atom is -0.488 e. The summed E-state index contributed by atoms with van der Waals surface area (Å²) in [6, 6.07) is 26.3. The van der Waals surface area contributed by atoms with Crippen molar-refractivity contribution in [3.05, 3.63) is 129 Å². The molecule has 12 heteroatoms. The van der Waals surface area contributed by atoms with E-state index in [1.807, 2.05) is 12.1 Å². The van der Waals surface area contributed by atoms with Crippen molar-refractivity contribution in [3.8, 4) is 39.8 Å². The molecule has 1 unspecified atom stereocenters. The maximum atomic E-state index is 11.9. The third-order valence-corrected chi connectivity index (χ3v) is 10.8. The highest BCUT2D eigenvalue weighted by atomic mass is 35.5. The molecule has 0 amide bonds. The fourth-order valence-corrected chi connectivity index (χ4v) is 7.28. The van der Waals surface area contributed by atoms with E-state index in [1.165, 1.54) is 13.1 Å². The first-order valence-electron chi connectivity index (χ1n) is 18.5. The number of carbonyl (C=O) groups is 1. The number of nitrogens with zero attached hydrogens (tertiary/aromatic N) is 3. The minimum atomic E-state index is -1.59. The van der Waals surface area contributed by atoms with Crippen LogP contribution in [0.2, 0.25) is 5.02 Å². The summed E-state index contributed by atoms with van der Waals surface area (Å²) in [5.41, 5.74) is 9.69. The van der Waals surface area contributed by atoms with Crippen LogP contribution in [0, 0.1) is 25.2 Å². The lowest BCUT2D eigenvalue weighted by Crippen LogP contribution is -2.52. The highest BCUT2D eigenvalue weighted by Gasteiger charge is 2.32. The van der Waals surface area contributed by atoms with Gasteiger partial charge in [-0.15, -0.1) is 0 Å². The van der Waals surface area contributed by atoms with E-state index in [9.17, 15) is 20.3 Å². The Hall–Kier alpha value is -5.77. The molecule has 0 aliphatic carbocycles. The predicted molar refractivity (Wildman–Crippen MR) is 215 cm³/mol. The molecule has 1 fully saturated rings. The molecule has 286 valence electrons. The van der Waals surface area contributed by atoms with Gasteiger partial charge in [0, 0.05) is 36.1 Å². The van der Waals surface area contributed by atoms with Gasteiger partial charge in [0.15, 0.2) is 0 Å². The highest BCUT2D eigenvalue weighted by Crippen LogP contribution is 2.37. The third kappa shape index (κ3) is 8.10. The molecule has 6 aromatic rings. The van der Waals surface area contributed by atoms with Crippen LogP contribution in [-0.2, 0) is 24.6 Å². The van der Waals surface area contributed by atoms with Crippen molar-refractivity contribution >= 4 is 28.6 Å². The number of H-pyrrole nitrogens is 1. The van der Waals surface area contributed by atoms with Gasteiger partial charge in [0.1, 0.15) is 42.1 Å². The van der Waals surface area contributed by atoms with E-state index in [1.54, 1.807) is 24.4 Å². The zero-order chi connectivity index (χ0) is 39.4. The SMILES string of the molecule is Cc1c(COc2cc(OCc3cncc(C#N)c3)c(CNC(C)(CO)C(=O)O)cc2Cl)cccc1-c1cccc(-c2ccc3[nH]c([C@@H]4CCCN4)nc3c2)c1C. The molecule has 0 saturated carbocycles. The summed E-state index contributed by atoms with van der Waals surface area (Å²) in [6.07, 6.45) is 5.32. The number of rotatable bonds is 14. The second kappa shape index (κ2) is 16.5. The van der Waals surface area contributed by atoms with Crippen LogP contribution in [0.25, 0.3) is 33.3 Å². The molecule has 11 nitrogen and oxygen atoms in total. The molecular weight excluding hydrogens is 728 g/mol.